The quantitative estimate of drug-likeness (QED) is 0.902. The maximum Gasteiger partial charge on any atom is 0.335 e. The summed E-state index contributed by atoms with van der Waals surface area (Å²) in [6.45, 7) is 0. The number of aryl methyl sites for hydroxylation is 1. The molecule has 3 rings (SSSR count). The molecule has 2 aromatic carbocycles. The fourth-order valence-corrected chi connectivity index (χ4v) is 3.00. The zero-order chi connectivity index (χ0) is 16.6. The first-order valence-corrected chi connectivity index (χ1v) is 7.45. The van der Waals surface area contributed by atoms with Gasteiger partial charge in [-0.05, 0) is 54.3 Å². The fraction of sp³-hybridized carbons (Fsp3) is 0.176. The van der Waals surface area contributed by atoms with Crippen LogP contribution in [0.15, 0.2) is 36.4 Å². The van der Waals surface area contributed by atoms with E-state index in [4.69, 9.17) is 16.7 Å². The molecule has 4 nitrogen and oxygen atoms in total. The van der Waals surface area contributed by atoms with Crippen molar-refractivity contribution in [3.05, 3.63) is 69.5 Å². The largest absolute Gasteiger partial charge is 0.478 e. The summed E-state index contributed by atoms with van der Waals surface area (Å²) in [5.74, 6) is -2.04. The van der Waals surface area contributed by atoms with Crippen LogP contribution < -0.4 is 5.32 Å². The Morgan fingerprint density at radius 1 is 1.22 bits per heavy atom. The van der Waals surface area contributed by atoms with Crippen LogP contribution in [0.25, 0.3) is 0 Å². The topological polar surface area (TPSA) is 66.4 Å². The Labute approximate surface area is 136 Å². The minimum Gasteiger partial charge on any atom is -0.478 e. The fourth-order valence-electron chi connectivity index (χ4n) is 2.79. The standard InChI is InChI=1S/C17H13ClFNO3/c18-14-5-4-11(19)8-13(14)16(21)20-15-6-3-9-1-2-10(17(22)23)7-12(9)15/h1-2,4-5,7-8,15H,3,6H2,(H,20,21)(H,22,23)/t15-/m1/s1. The van der Waals surface area contributed by atoms with Gasteiger partial charge in [-0.3, -0.25) is 4.79 Å². The van der Waals surface area contributed by atoms with E-state index in [1.165, 1.54) is 12.1 Å². The first-order valence-electron chi connectivity index (χ1n) is 7.08. The van der Waals surface area contributed by atoms with Crippen LogP contribution in [0, 0.1) is 5.82 Å². The molecule has 6 heteroatoms. The van der Waals surface area contributed by atoms with E-state index in [-0.39, 0.29) is 22.2 Å². The molecule has 0 unspecified atom stereocenters. The van der Waals surface area contributed by atoms with E-state index < -0.39 is 17.7 Å². The lowest BCUT2D eigenvalue weighted by Crippen LogP contribution is -2.27. The second-order valence-electron chi connectivity index (χ2n) is 5.41. The number of benzene rings is 2. The van der Waals surface area contributed by atoms with Gasteiger partial charge in [0.05, 0.1) is 22.2 Å². The van der Waals surface area contributed by atoms with Gasteiger partial charge >= 0.3 is 5.97 Å². The van der Waals surface area contributed by atoms with Crippen molar-refractivity contribution in [2.24, 2.45) is 0 Å². The average Bonchev–Trinajstić information content (AvgIpc) is 2.92. The molecule has 2 N–H and O–H groups in total. The van der Waals surface area contributed by atoms with Gasteiger partial charge in [-0.1, -0.05) is 17.7 Å². The molecule has 1 amide bonds. The number of aromatic carboxylic acids is 1. The summed E-state index contributed by atoms with van der Waals surface area (Å²) < 4.78 is 13.3. The number of fused-ring (bicyclic) bond motifs is 1. The highest BCUT2D eigenvalue weighted by atomic mass is 35.5. The summed E-state index contributed by atoms with van der Waals surface area (Å²) in [7, 11) is 0. The van der Waals surface area contributed by atoms with Crippen molar-refractivity contribution in [3.63, 3.8) is 0 Å². The van der Waals surface area contributed by atoms with Crippen LogP contribution in [0.1, 0.15) is 44.3 Å². The maximum atomic E-state index is 13.3. The van der Waals surface area contributed by atoms with Gasteiger partial charge in [-0.15, -0.1) is 0 Å². The highest BCUT2D eigenvalue weighted by molar-refractivity contribution is 6.33. The molecule has 0 saturated heterocycles. The number of carbonyl (C=O) groups is 2. The van der Waals surface area contributed by atoms with E-state index in [0.717, 1.165) is 23.6 Å². The Morgan fingerprint density at radius 2 is 2.00 bits per heavy atom. The number of nitrogens with one attached hydrogen (secondary N) is 1. The molecule has 1 aliphatic carbocycles. The van der Waals surface area contributed by atoms with E-state index >= 15 is 0 Å². The van der Waals surface area contributed by atoms with Gasteiger partial charge in [0.25, 0.3) is 5.91 Å². The SMILES string of the molecule is O=C(O)c1ccc2c(c1)[C@H](NC(=O)c1cc(F)ccc1Cl)CC2. The summed E-state index contributed by atoms with van der Waals surface area (Å²) in [5.41, 5.74) is 2.03. The van der Waals surface area contributed by atoms with Crippen LogP contribution in [0.4, 0.5) is 4.39 Å². The monoisotopic (exact) mass is 333 g/mol. The summed E-state index contributed by atoms with van der Waals surface area (Å²) in [5, 5.41) is 12.1. The molecule has 23 heavy (non-hydrogen) atoms. The molecule has 1 atom stereocenters. The van der Waals surface area contributed by atoms with Crippen molar-refractivity contribution >= 4 is 23.5 Å². The highest BCUT2D eigenvalue weighted by Crippen LogP contribution is 2.32. The third-order valence-corrected chi connectivity index (χ3v) is 4.28. The number of carbonyl (C=O) groups excluding carboxylic acids is 1. The zero-order valence-electron chi connectivity index (χ0n) is 12.0. The normalized spacial score (nSPS) is 16.0. The van der Waals surface area contributed by atoms with Gasteiger partial charge in [0.2, 0.25) is 0 Å². The number of amides is 1. The van der Waals surface area contributed by atoms with Crippen molar-refractivity contribution in [1.82, 2.24) is 5.32 Å². The van der Waals surface area contributed by atoms with Gasteiger partial charge in [0, 0.05) is 0 Å². The van der Waals surface area contributed by atoms with Gasteiger partial charge < -0.3 is 10.4 Å². The van der Waals surface area contributed by atoms with Crippen molar-refractivity contribution in [3.8, 4) is 0 Å². The van der Waals surface area contributed by atoms with Crippen LogP contribution >= 0.6 is 11.6 Å². The van der Waals surface area contributed by atoms with Crippen molar-refractivity contribution in [2.45, 2.75) is 18.9 Å². The third kappa shape index (κ3) is 3.05. The number of carboxylic acid groups (broad SMARTS) is 1. The van der Waals surface area contributed by atoms with Crippen LogP contribution in [0.3, 0.4) is 0 Å². The second-order valence-corrected chi connectivity index (χ2v) is 5.81. The van der Waals surface area contributed by atoms with Crippen LogP contribution in [0.5, 0.6) is 0 Å². The number of halogens is 2. The summed E-state index contributed by atoms with van der Waals surface area (Å²) in [4.78, 5) is 23.4. The summed E-state index contributed by atoms with van der Waals surface area (Å²) in [6, 6.07) is 8.18. The minimum absolute atomic E-state index is 0.0644. The Morgan fingerprint density at radius 3 is 2.74 bits per heavy atom. The molecule has 1 aliphatic rings. The van der Waals surface area contributed by atoms with E-state index in [1.54, 1.807) is 18.2 Å². The average molecular weight is 334 g/mol. The molecule has 0 fully saturated rings. The third-order valence-electron chi connectivity index (χ3n) is 3.95. The molecule has 0 spiro atoms. The molecule has 118 valence electrons. The summed E-state index contributed by atoms with van der Waals surface area (Å²) >= 11 is 5.94. The Balaban J connectivity index is 1.86. The molecule has 2 aromatic rings. The smallest absolute Gasteiger partial charge is 0.335 e. The molecule has 0 aromatic heterocycles. The molecule has 0 bridgehead atoms. The molecular weight excluding hydrogens is 321 g/mol. The van der Waals surface area contributed by atoms with E-state index in [2.05, 4.69) is 5.32 Å². The van der Waals surface area contributed by atoms with Crippen molar-refractivity contribution in [2.75, 3.05) is 0 Å². The van der Waals surface area contributed by atoms with Crippen molar-refractivity contribution < 1.29 is 19.1 Å². The molecule has 0 saturated carbocycles. The second kappa shape index (κ2) is 6.01. The van der Waals surface area contributed by atoms with Crippen LogP contribution in [-0.4, -0.2) is 17.0 Å². The van der Waals surface area contributed by atoms with E-state index in [1.807, 2.05) is 0 Å². The van der Waals surface area contributed by atoms with Gasteiger partial charge in [0.15, 0.2) is 0 Å². The predicted octanol–water partition coefficient (Wildman–Crippen LogP) is 3.59. The van der Waals surface area contributed by atoms with Gasteiger partial charge in [0.1, 0.15) is 5.82 Å². The minimum atomic E-state index is -1.02. The van der Waals surface area contributed by atoms with Gasteiger partial charge in [-0.2, -0.15) is 0 Å². The lowest BCUT2D eigenvalue weighted by atomic mass is 10.0. The molecule has 0 radical (unpaired) electrons. The van der Waals surface area contributed by atoms with E-state index in [0.29, 0.717) is 6.42 Å². The zero-order valence-corrected chi connectivity index (χ0v) is 12.7. The Bertz CT molecular complexity index is 806. The lowest BCUT2D eigenvalue weighted by Gasteiger charge is -2.15. The van der Waals surface area contributed by atoms with Crippen molar-refractivity contribution in [1.29, 1.82) is 0 Å². The maximum absolute atomic E-state index is 13.3. The van der Waals surface area contributed by atoms with Crippen LogP contribution in [-0.2, 0) is 6.42 Å². The summed E-state index contributed by atoms with van der Waals surface area (Å²) in [6.07, 6.45) is 1.41. The van der Waals surface area contributed by atoms with E-state index in [9.17, 15) is 14.0 Å². The molecule has 0 aliphatic heterocycles. The first-order chi connectivity index (χ1) is 11.0. The number of hydrogen-bond acceptors (Lipinski definition) is 2. The predicted molar refractivity (Wildman–Crippen MR) is 83.3 cm³/mol. The Hall–Kier alpha value is -2.40. The van der Waals surface area contributed by atoms with Crippen LogP contribution in [0.2, 0.25) is 5.02 Å². The first kappa shape index (κ1) is 15.5. The Kier molecular flexibility index (Phi) is 4.05. The molecular formula is C17H13ClFNO3. The highest BCUT2D eigenvalue weighted by Gasteiger charge is 2.26. The number of rotatable bonds is 3. The molecule has 0 heterocycles. The number of carboxylic acids is 1. The lowest BCUT2D eigenvalue weighted by molar-refractivity contribution is 0.0696. The van der Waals surface area contributed by atoms with Gasteiger partial charge in [-0.25, -0.2) is 9.18 Å². The number of hydrogen-bond donors (Lipinski definition) is 2.